The topological polar surface area (TPSA) is 42.0 Å². The van der Waals surface area contributed by atoms with E-state index in [0.717, 1.165) is 50.4 Å². The largest absolute Gasteiger partial charge is 0.513 e. The lowest BCUT2D eigenvalue weighted by Gasteiger charge is -2.33. The fourth-order valence-electron chi connectivity index (χ4n) is 3.30. The molecule has 1 aromatic carbocycles. The summed E-state index contributed by atoms with van der Waals surface area (Å²) < 4.78 is 11.0. The Kier molecular flexibility index (Phi) is 10.1. The van der Waals surface area contributed by atoms with Crippen molar-refractivity contribution in [2.75, 3.05) is 45.9 Å². The normalized spacial score (nSPS) is 15.7. The van der Waals surface area contributed by atoms with Crippen molar-refractivity contribution >= 4 is 18.6 Å². The highest BCUT2D eigenvalue weighted by Gasteiger charge is 2.20. The van der Waals surface area contributed by atoms with Crippen LogP contribution in [0.3, 0.4) is 0 Å². The average Bonchev–Trinajstić information content (AvgIpc) is 2.62. The van der Waals surface area contributed by atoms with E-state index >= 15 is 0 Å². The smallest absolute Gasteiger partial charge is 0.433 e. The van der Waals surface area contributed by atoms with Crippen LogP contribution in [0.2, 0.25) is 0 Å². The van der Waals surface area contributed by atoms with Gasteiger partial charge in [0.2, 0.25) is 0 Å². The first kappa shape index (κ1) is 23.7. The van der Waals surface area contributed by atoms with Gasteiger partial charge in [-0.25, -0.2) is 4.79 Å². The van der Waals surface area contributed by atoms with Crippen LogP contribution in [0.4, 0.5) is 4.79 Å². The highest BCUT2D eigenvalue weighted by molar-refractivity contribution is 5.85. The first-order valence-corrected chi connectivity index (χ1v) is 9.84. The number of hydrogen-bond donors (Lipinski definition) is 0. The van der Waals surface area contributed by atoms with Crippen LogP contribution >= 0.6 is 12.4 Å². The summed E-state index contributed by atoms with van der Waals surface area (Å²) in [6, 6.07) is 6.07. The number of ether oxygens (including phenoxy) is 2. The average molecular weight is 399 g/mol. The number of benzene rings is 1. The molecule has 1 aliphatic rings. The second kappa shape index (κ2) is 11.5. The van der Waals surface area contributed by atoms with E-state index in [1.807, 2.05) is 18.2 Å². The number of para-hydroxylation sites is 1. The fraction of sp³-hybridized carbons (Fsp3) is 0.667. The second-order valence-electron chi connectivity index (χ2n) is 7.55. The van der Waals surface area contributed by atoms with Crippen LogP contribution in [0.1, 0.15) is 57.6 Å². The van der Waals surface area contributed by atoms with Gasteiger partial charge < -0.3 is 14.4 Å². The number of carbonyl (C=O) groups is 1. The van der Waals surface area contributed by atoms with Crippen LogP contribution in [0.15, 0.2) is 18.2 Å². The first-order valence-electron chi connectivity index (χ1n) is 9.84. The van der Waals surface area contributed by atoms with Crippen molar-refractivity contribution in [1.82, 2.24) is 9.80 Å². The molecule has 0 aliphatic carbocycles. The molecule has 1 heterocycles. The van der Waals surface area contributed by atoms with Crippen molar-refractivity contribution < 1.29 is 14.3 Å². The number of nitrogens with zero attached hydrogens (tertiary/aromatic N) is 2. The third-order valence-corrected chi connectivity index (χ3v) is 5.04. The second-order valence-corrected chi connectivity index (χ2v) is 7.55. The predicted octanol–water partition coefficient (Wildman–Crippen LogP) is 4.51. The molecule has 154 valence electrons. The molecular formula is C21H35ClN2O3. The van der Waals surface area contributed by atoms with Crippen LogP contribution < -0.4 is 4.74 Å². The maximum Gasteiger partial charge on any atom is 0.513 e. The van der Waals surface area contributed by atoms with E-state index in [-0.39, 0.29) is 24.2 Å². The van der Waals surface area contributed by atoms with Gasteiger partial charge in [-0.1, -0.05) is 52.8 Å². The molecule has 0 amide bonds. The summed E-state index contributed by atoms with van der Waals surface area (Å²) in [6.07, 6.45) is -0.604. The minimum atomic E-state index is -0.604. The summed E-state index contributed by atoms with van der Waals surface area (Å²) in [5.41, 5.74) is 2.09. The third-order valence-electron chi connectivity index (χ3n) is 5.04. The standard InChI is InChI=1S/C21H34N2O3.ClH/c1-6-22-10-12-23(13-11-22)14-15-25-21(24)26-20-18(16(2)3)8-7-9-19(20)17(4)5;/h7-9,16-17H,6,10-15H2,1-5H3;1H. The minimum absolute atomic E-state index is 0. The van der Waals surface area contributed by atoms with Crippen molar-refractivity contribution in [2.24, 2.45) is 0 Å². The van der Waals surface area contributed by atoms with Gasteiger partial charge in [0.25, 0.3) is 0 Å². The molecule has 27 heavy (non-hydrogen) atoms. The van der Waals surface area contributed by atoms with Crippen molar-refractivity contribution in [3.05, 3.63) is 29.3 Å². The molecule has 0 spiro atoms. The molecule has 1 aromatic rings. The van der Waals surface area contributed by atoms with Gasteiger partial charge >= 0.3 is 6.16 Å². The van der Waals surface area contributed by atoms with E-state index in [1.165, 1.54) is 0 Å². The van der Waals surface area contributed by atoms with Gasteiger partial charge in [-0.3, -0.25) is 4.90 Å². The number of carbonyl (C=O) groups excluding carboxylic acids is 1. The third kappa shape index (κ3) is 6.98. The lowest BCUT2D eigenvalue weighted by atomic mass is 9.94. The van der Waals surface area contributed by atoms with E-state index in [1.54, 1.807) is 0 Å². The Labute approximate surface area is 170 Å². The molecule has 0 bridgehead atoms. The molecule has 0 unspecified atom stereocenters. The van der Waals surface area contributed by atoms with E-state index in [9.17, 15) is 4.79 Å². The van der Waals surface area contributed by atoms with Gasteiger partial charge in [0.15, 0.2) is 0 Å². The monoisotopic (exact) mass is 398 g/mol. The van der Waals surface area contributed by atoms with Crippen molar-refractivity contribution in [1.29, 1.82) is 0 Å². The number of piperazine rings is 1. The molecule has 0 radical (unpaired) electrons. The summed E-state index contributed by atoms with van der Waals surface area (Å²) in [6.45, 7) is 17.1. The lowest BCUT2D eigenvalue weighted by molar-refractivity contribution is 0.0729. The number of hydrogen-bond acceptors (Lipinski definition) is 5. The molecule has 2 rings (SSSR count). The first-order chi connectivity index (χ1) is 12.4. The van der Waals surface area contributed by atoms with Crippen molar-refractivity contribution in [2.45, 2.75) is 46.5 Å². The molecule has 1 aliphatic heterocycles. The molecule has 0 aromatic heterocycles. The van der Waals surface area contributed by atoms with Crippen LogP contribution in [0.25, 0.3) is 0 Å². The quantitative estimate of drug-likeness (QED) is 0.499. The van der Waals surface area contributed by atoms with E-state index in [2.05, 4.69) is 44.4 Å². The molecule has 0 atom stereocenters. The van der Waals surface area contributed by atoms with E-state index in [4.69, 9.17) is 9.47 Å². The van der Waals surface area contributed by atoms with Crippen LogP contribution in [0, 0.1) is 0 Å². The number of halogens is 1. The van der Waals surface area contributed by atoms with E-state index in [0.29, 0.717) is 12.4 Å². The Morgan fingerprint density at radius 2 is 1.52 bits per heavy atom. The Morgan fingerprint density at radius 1 is 1.00 bits per heavy atom. The van der Waals surface area contributed by atoms with Gasteiger partial charge in [-0.15, -0.1) is 12.4 Å². The molecular weight excluding hydrogens is 364 g/mol. The van der Waals surface area contributed by atoms with Gasteiger partial charge in [-0.05, 0) is 29.5 Å². The summed E-state index contributed by atoms with van der Waals surface area (Å²) in [5, 5.41) is 0. The fourth-order valence-corrected chi connectivity index (χ4v) is 3.30. The SMILES string of the molecule is CCN1CCN(CCOC(=O)Oc2c(C(C)C)cccc2C(C)C)CC1.Cl. The highest BCUT2D eigenvalue weighted by atomic mass is 35.5. The number of rotatable bonds is 7. The maximum atomic E-state index is 12.2. The van der Waals surface area contributed by atoms with Gasteiger partial charge in [0, 0.05) is 32.7 Å². The van der Waals surface area contributed by atoms with Crippen molar-refractivity contribution in [3.8, 4) is 5.75 Å². The predicted molar refractivity (Wildman–Crippen MR) is 112 cm³/mol. The zero-order valence-electron chi connectivity index (χ0n) is 17.4. The summed E-state index contributed by atoms with van der Waals surface area (Å²) in [7, 11) is 0. The highest BCUT2D eigenvalue weighted by Crippen LogP contribution is 2.34. The molecule has 0 N–H and O–H groups in total. The Hall–Kier alpha value is -1.30. The maximum absolute atomic E-state index is 12.2. The van der Waals surface area contributed by atoms with E-state index < -0.39 is 6.16 Å². The zero-order chi connectivity index (χ0) is 19.1. The number of likely N-dealkylation sites (N-methyl/N-ethyl adjacent to an activating group) is 1. The zero-order valence-corrected chi connectivity index (χ0v) is 18.2. The van der Waals surface area contributed by atoms with Crippen LogP contribution in [-0.4, -0.2) is 61.8 Å². The summed E-state index contributed by atoms with van der Waals surface area (Å²) in [4.78, 5) is 17.0. The minimum Gasteiger partial charge on any atom is -0.433 e. The Balaban J connectivity index is 0.00000364. The molecule has 6 heteroatoms. The summed E-state index contributed by atoms with van der Waals surface area (Å²) >= 11 is 0. The lowest BCUT2D eigenvalue weighted by Crippen LogP contribution is -2.47. The van der Waals surface area contributed by atoms with Gasteiger partial charge in [0.1, 0.15) is 12.4 Å². The van der Waals surface area contributed by atoms with Gasteiger partial charge in [0.05, 0.1) is 0 Å². The Bertz CT molecular complexity index is 559. The van der Waals surface area contributed by atoms with Gasteiger partial charge in [-0.2, -0.15) is 0 Å². The van der Waals surface area contributed by atoms with Crippen LogP contribution in [0.5, 0.6) is 5.75 Å². The molecule has 0 saturated carbocycles. The van der Waals surface area contributed by atoms with Crippen molar-refractivity contribution in [3.63, 3.8) is 0 Å². The molecule has 5 nitrogen and oxygen atoms in total. The summed E-state index contributed by atoms with van der Waals surface area (Å²) in [5.74, 6) is 1.23. The Morgan fingerprint density at radius 3 is 2.00 bits per heavy atom. The molecule has 1 fully saturated rings. The van der Waals surface area contributed by atoms with Crippen LogP contribution in [-0.2, 0) is 4.74 Å². The molecule has 1 saturated heterocycles.